The molecule has 10 aromatic carbocycles. The molecule has 2 heteroatoms. The van der Waals surface area contributed by atoms with Crippen molar-refractivity contribution in [3.63, 3.8) is 0 Å². The second-order valence-corrected chi connectivity index (χ2v) is 15.5. The van der Waals surface area contributed by atoms with E-state index in [4.69, 9.17) is 0 Å². The molecule has 0 amide bonds. The molecule has 0 aliphatic carbocycles. The van der Waals surface area contributed by atoms with E-state index < -0.39 is 0 Å². The molecule has 0 N–H and O–H groups in total. The zero-order chi connectivity index (χ0) is 37.0. The van der Waals surface area contributed by atoms with E-state index in [-0.39, 0.29) is 0 Å². The van der Waals surface area contributed by atoms with E-state index in [1.807, 2.05) is 11.3 Å². The molecule has 1 aromatic heterocycles. The predicted octanol–water partition coefficient (Wildman–Crippen LogP) is 16.0. The third-order valence-electron chi connectivity index (χ3n) is 11.3. The monoisotopic (exact) mass is 729 g/mol. The highest BCUT2D eigenvalue weighted by molar-refractivity contribution is 7.26. The summed E-state index contributed by atoms with van der Waals surface area (Å²) in [4.78, 5) is 2.42. The van der Waals surface area contributed by atoms with E-state index in [1.54, 1.807) is 0 Å². The van der Waals surface area contributed by atoms with Crippen LogP contribution >= 0.6 is 11.3 Å². The number of nitrogens with zero attached hydrogens (tertiary/aromatic N) is 1. The van der Waals surface area contributed by atoms with Gasteiger partial charge >= 0.3 is 0 Å². The second kappa shape index (κ2) is 13.4. The zero-order valence-corrected chi connectivity index (χ0v) is 31.4. The van der Waals surface area contributed by atoms with Crippen molar-refractivity contribution in [2.75, 3.05) is 4.90 Å². The molecule has 0 saturated heterocycles. The lowest BCUT2D eigenvalue weighted by molar-refractivity contribution is 1.28. The van der Waals surface area contributed by atoms with Gasteiger partial charge in [0.15, 0.2) is 0 Å². The summed E-state index contributed by atoms with van der Waals surface area (Å²) in [5.74, 6) is 0. The van der Waals surface area contributed by atoms with Gasteiger partial charge in [-0.15, -0.1) is 11.3 Å². The van der Waals surface area contributed by atoms with E-state index in [1.165, 1.54) is 85.9 Å². The molecule has 0 spiro atoms. The van der Waals surface area contributed by atoms with Gasteiger partial charge in [0.05, 0.1) is 5.69 Å². The van der Waals surface area contributed by atoms with Gasteiger partial charge in [-0.25, -0.2) is 0 Å². The summed E-state index contributed by atoms with van der Waals surface area (Å²) >= 11 is 1.88. The smallest absolute Gasteiger partial charge is 0.0540 e. The van der Waals surface area contributed by atoms with E-state index in [2.05, 4.69) is 217 Å². The van der Waals surface area contributed by atoms with Crippen LogP contribution in [0.15, 0.2) is 212 Å². The molecule has 11 rings (SSSR count). The van der Waals surface area contributed by atoms with Crippen LogP contribution in [0, 0.1) is 0 Å². The van der Waals surface area contributed by atoms with Crippen molar-refractivity contribution in [3.05, 3.63) is 212 Å². The third kappa shape index (κ3) is 5.38. The Morgan fingerprint density at radius 3 is 1.59 bits per heavy atom. The fourth-order valence-corrected chi connectivity index (χ4v) is 9.87. The van der Waals surface area contributed by atoms with Gasteiger partial charge in [-0.1, -0.05) is 176 Å². The minimum Gasteiger partial charge on any atom is -0.310 e. The average Bonchev–Trinajstić information content (AvgIpc) is 3.66. The number of hydrogen-bond acceptors (Lipinski definition) is 2. The molecule has 0 atom stereocenters. The molecular weight excluding hydrogens is 695 g/mol. The lowest BCUT2D eigenvalue weighted by Crippen LogP contribution is -2.11. The summed E-state index contributed by atoms with van der Waals surface area (Å²) < 4.78 is 2.65. The number of para-hydroxylation sites is 1. The van der Waals surface area contributed by atoms with Crippen molar-refractivity contribution < 1.29 is 0 Å². The van der Waals surface area contributed by atoms with Gasteiger partial charge in [0.25, 0.3) is 0 Å². The maximum Gasteiger partial charge on any atom is 0.0540 e. The normalized spacial score (nSPS) is 11.6. The van der Waals surface area contributed by atoms with Crippen LogP contribution in [0.25, 0.3) is 85.9 Å². The average molecular weight is 730 g/mol. The summed E-state index contributed by atoms with van der Waals surface area (Å²) in [5.41, 5.74) is 10.7. The Kier molecular flexibility index (Phi) is 7.75. The van der Waals surface area contributed by atoms with Gasteiger partial charge < -0.3 is 4.90 Å². The van der Waals surface area contributed by atoms with Crippen molar-refractivity contribution in [2.45, 2.75) is 0 Å². The Balaban J connectivity index is 1.08. The molecule has 0 fully saturated rings. The SMILES string of the molecule is c1ccc(N(c2ccc(-c3cccc4ccccc34)cc2)c2ccc(-c3cccc4c3sc3ccccc34)cc2)c(-c2cccc3c2ccc2ccccc23)c1. The van der Waals surface area contributed by atoms with Crippen molar-refractivity contribution in [2.24, 2.45) is 0 Å². The molecular formula is C54H35NS. The molecule has 0 saturated carbocycles. The third-order valence-corrected chi connectivity index (χ3v) is 12.5. The van der Waals surface area contributed by atoms with Crippen LogP contribution in [-0.4, -0.2) is 0 Å². The van der Waals surface area contributed by atoms with Crippen LogP contribution in [0.2, 0.25) is 0 Å². The molecule has 1 nitrogen and oxygen atoms in total. The molecule has 262 valence electrons. The van der Waals surface area contributed by atoms with E-state index >= 15 is 0 Å². The Hall–Kier alpha value is -7.00. The first kappa shape index (κ1) is 32.4. The zero-order valence-electron chi connectivity index (χ0n) is 30.6. The minimum absolute atomic E-state index is 1.10. The van der Waals surface area contributed by atoms with Crippen LogP contribution in [0.4, 0.5) is 17.1 Å². The highest BCUT2D eigenvalue weighted by Crippen LogP contribution is 2.45. The molecule has 0 bridgehead atoms. The maximum atomic E-state index is 2.42. The quantitative estimate of drug-likeness (QED) is 0.154. The highest BCUT2D eigenvalue weighted by atomic mass is 32.1. The number of thiophene rings is 1. The molecule has 11 aromatic rings. The Labute approximate surface area is 330 Å². The topological polar surface area (TPSA) is 3.24 Å². The largest absolute Gasteiger partial charge is 0.310 e. The Morgan fingerprint density at radius 1 is 0.286 bits per heavy atom. The van der Waals surface area contributed by atoms with Gasteiger partial charge in [-0.2, -0.15) is 0 Å². The fraction of sp³-hybridized carbons (Fsp3) is 0. The summed E-state index contributed by atoms with van der Waals surface area (Å²) in [6, 6.07) is 77.7. The molecule has 0 aliphatic rings. The maximum absolute atomic E-state index is 2.42. The molecule has 0 aliphatic heterocycles. The van der Waals surface area contributed by atoms with Crippen LogP contribution in [0.3, 0.4) is 0 Å². The molecule has 0 radical (unpaired) electrons. The van der Waals surface area contributed by atoms with Gasteiger partial charge in [-0.3, -0.25) is 0 Å². The molecule has 56 heavy (non-hydrogen) atoms. The minimum atomic E-state index is 1.10. The van der Waals surface area contributed by atoms with Crippen LogP contribution in [0.5, 0.6) is 0 Å². The number of fused-ring (bicyclic) bond motifs is 7. The number of anilines is 3. The van der Waals surface area contributed by atoms with Crippen molar-refractivity contribution in [3.8, 4) is 33.4 Å². The number of benzene rings is 10. The van der Waals surface area contributed by atoms with E-state index in [0.717, 1.165) is 17.1 Å². The first-order valence-electron chi connectivity index (χ1n) is 19.2. The summed E-state index contributed by atoms with van der Waals surface area (Å²) in [6.45, 7) is 0. The fourth-order valence-electron chi connectivity index (χ4n) is 8.63. The van der Waals surface area contributed by atoms with Crippen molar-refractivity contribution >= 4 is 80.9 Å². The Morgan fingerprint density at radius 2 is 0.804 bits per heavy atom. The standard InChI is InChI=1S/C54H35NS/c1-3-15-42-36(12-1)14-9-19-43(42)38-26-31-40(32-27-38)55(41-33-28-39(29-34-41)45-20-10-23-51-50-18-6-8-25-53(50)56-54(45)51)52-24-7-5-17-49(52)47-22-11-21-46-44-16-4-2-13-37(44)30-35-48(46)47/h1-35H. The molecule has 1 heterocycles. The van der Waals surface area contributed by atoms with Gasteiger partial charge in [0.2, 0.25) is 0 Å². The van der Waals surface area contributed by atoms with Crippen LogP contribution in [-0.2, 0) is 0 Å². The summed E-state index contributed by atoms with van der Waals surface area (Å²) in [5, 5.41) is 10.2. The van der Waals surface area contributed by atoms with E-state index in [0.29, 0.717) is 0 Å². The lowest BCUT2D eigenvalue weighted by atomic mass is 9.93. The summed E-state index contributed by atoms with van der Waals surface area (Å²) in [7, 11) is 0. The Bertz CT molecular complexity index is 3240. The lowest BCUT2D eigenvalue weighted by Gasteiger charge is -2.28. The number of hydrogen-bond donors (Lipinski definition) is 0. The van der Waals surface area contributed by atoms with Crippen LogP contribution in [0.1, 0.15) is 0 Å². The molecule has 0 unspecified atom stereocenters. The second-order valence-electron chi connectivity index (χ2n) is 14.4. The number of rotatable bonds is 6. The predicted molar refractivity (Wildman–Crippen MR) is 243 cm³/mol. The van der Waals surface area contributed by atoms with E-state index in [9.17, 15) is 0 Å². The van der Waals surface area contributed by atoms with Crippen LogP contribution < -0.4 is 4.90 Å². The van der Waals surface area contributed by atoms with Gasteiger partial charge in [-0.05, 0) is 96.5 Å². The van der Waals surface area contributed by atoms with Gasteiger partial charge in [0, 0.05) is 37.1 Å². The van der Waals surface area contributed by atoms with Crippen molar-refractivity contribution in [1.82, 2.24) is 0 Å². The van der Waals surface area contributed by atoms with Gasteiger partial charge in [0.1, 0.15) is 0 Å². The first-order chi connectivity index (χ1) is 27.8. The van der Waals surface area contributed by atoms with Crippen molar-refractivity contribution in [1.29, 1.82) is 0 Å². The highest BCUT2D eigenvalue weighted by Gasteiger charge is 2.20. The summed E-state index contributed by atoms with van der Waals surface area (Å²) in [6.07, 6.45) is 0. The first-order valence-corrected chi connectivity index (χ1v) is 20.0.